The van der Waals surface area contributed by atoms with Gasteiger partial charge in [0.15, 0.2) is 0 Å². The molecule has 0 aromatic heterocycles. The van der Waals surface area contributed by atoms with Crippen LogP contribution in [-0.2, 0) is 4.79 Å². The minimum Gasteiger partial charge on any atom is -0.303 e. The predicted molar refractivity (Wildman–Crippen MR) is 50.9 cm³/mol. The van der Waals surface area contributed by atoms with Crippen molar-refractivity contribution >= 4 is 6.29 Å². The van der Waals surface area contributed by atoms with Crippen LogP contribution in [0.4, 0.5) is 0 Å². The maximum atomic E-state index is 10.2. The number of hydrogen-bond acceptors (Lipinski definition) is 1. The molecule has 0 saturated carbocycles. The van der Waals surface area contributed by atoms with Crippen molar-refractivity contribution in [1.29, 1.82) is 0 Å². The highest BCUT2D eigenvalue weighted by atomic mass is 16.1. The van der Waals surface area contributed by atoms with Crippen LogP contribution >= 0.6 is 0 Å². The fourth-order valence-electron chi connectivity index (χ4n) is 1.66. The molecular formula is C11H18O. The Morgan fingerprint density at radius 2 is 2.33 bits per heavy atom. The van der Waals surface area contributed by atoms with Gasteiger partial charge >= 0.3 is 0 Å². The summed E-state index contributed by atoms with van der Waals surface area (Å²) in [5.41, 5.74) is 0.387. The third-order valence-electron chi connectivity index (χ3n) is 2.63. The van der Waals surface area contributed by atoms with Gasteiger partial charge in [-0.15, -0.1) is 0 Å². The highest BCUT2D eigenvalue weighted by Crippen LogP contribution is 2.33. The summed E-state index contributed by atoms with van der Waals surface area (Å²) in [5, 5.41) is 0. The summed E-state index contributed by atoms with van der Waals surface area (Å²) in [4.78, 5) is 10.2. The monoisotopic (exact) mass is 166 g/mol. The minimum atomic E-state index is 0.387. The van der Waals surface area contributed by atoms with Crippen molar-refractivity contribution in [3.8, 4) is 0 Å². The van der Waals surface area contributed by atoms with Crippen LogP contribution in [0.25, 0.3) is 0 Å². The topological polar surface area (TPSA) is 17.1 Å². The number of hydrogen-bond donors (Lipinski definition) is 0. The molecule has 0 radical (unpaired) electrons. The largest absolute Gasteiger partial charge is 0.303 e. The van der Waals surface area contributed by atoms with Crippen molar-refractivity contribution in [2.45, 2.75) is 39.5 Å². The second kappa shape index (κ2) is 3.88. The number of carbonyl (C=O) groups excluding carboxylic acids is 1. The van der Waals surface area contributed by atoms with E-state index in [4.69, 9.17) is 0 Å². The third kappa shape index (κ3) is 2.80. The standard InChI is InChI=1S/C11H18O/c1-11(2)7-5-10(6-8-11)4-3-9-12/h5,7,9-10H,3-4,6,8H2,1-2H3. The Labute approximate surface area is 74.9 Å². The van der Waals surface area contributed by atoms with E-state index in [2.05, 4.69) is 26.0 Å². The van der Waals surface area contributed by atoms with Crippen LogP contribution in [0.5, 0.6) is 0 Å². The van der Waals surface area contributed by atoms with Crippen molar-refractivity contribution in [1.82, 2.24) is 0 Å². The zero-order valence-electron chi connectivity index (χ0n) is 8.05. The molecule has 0 saturated heterocycles. The number of allylic oxidation sites excluding steroid dienone is 2. The van der Waals surface area contributed by atoms with Gasteiger partial charge in [0, 0.05) is 6.42 Å². The summed E-state index contributed by atoms with van der Waals surface area (Å²) in [7, 11) is 0. The van der Waals surface area contributed by atoms with Gasteiger partial charge in [-0.05, 0) is 30.6 Å². The molecule has 0 spiro atoms. The molecule has 0 bridgehead atoms. The second-order valence-electron chi connectivity index (χ2n) is 4.39. The number of aldehydes is 1. The molecular weight excluding hydrogens is 148 g/mol. The lowest BCUT2D eigenvalue weighted by atomic mass is 9.78. The molecule has 1 unspecified atom stereocenters. The quantitative estimate of drug-likeness (QED) is 0.465. The Bertz CT molecular complexity index is 179. The Kier molecular flexibility index (Phi) is 3.07. The summed E-state index contributed by atoms with van der Waals surface area (Å²) in [5.74, 6) is 0.656. The van der Waals surface area contributed by atoms with Crippen molar-refractivity contribution in [2.24, 2.45) is 11.3 Å². The summed E-state index contributed by atoms with van der Waals surface area (Å²) < 4.78 is 0. The van der Waals surface area contributed by atoms with E-state index in [1.165, 1.54) is 12.8 Å². The molecule has 0 aromatic carbocycles. The van der Waals surface area contributed by atoms with E-state index in [0.29, 0.717) is 11.3 Å². The lowest BCUT2D eigenvalue weighted by Crippen LogP contribution is -2.15. The molecule has 1 rings (SSSR count). The summed E-state index contributed by atoms with van der Waals surface area (Å²) in [6.07, 6.45) is 9.86. The average Bonchev–Trinajstić information content (AvgIpc) is 2.03. The van der Waals surface area contributed by atoms with E-state index in [1.807, 2.05) is 0 Å². The van der Waals surface area contributed by atoms with Crippen molar-refractivity contribution < 1.29 is 4.79 Å². The van der Waals surface area contributed by atoms with Gasteiger partial charge in [-0.1, -0.05) is 26.0 Å². The normalized spacial score (nSPS) is 27.0. The van der Waals surface area contributed by atoms with Crippen LogP contribution in [-0.4, -0.2) is 6.29 Å². The molecule has 1 atom stereocenters. The first-order valence-electron chi connectivity index (χ1n) is 4.77. The van der Waals surface area contributed by atoms with Gasteiger partial charge < -0.3 is 4.79 Å². The van der Waals surface area contributed by atoms with Gasteiger partial charge in [0.2, 0.25) is 0 Å². The van der Waals surface area contributed by atoms with Gasteiger partial charge in [-0.25, -0.2) is 0 Å². The second-order valence-corrected chi connectivity index (χ2v) is 4.39. The number of rotatable bonds is 3. The molecule has 68 valence electrons. The molecule has 0 aliphatic heterocycles. The van der Waals surface area contributed by atoms with Crippen LogP contribution < -0.4 is 0 Å². The molecule has 0 heterocycles. The first kappa shape index (κ1) is 9.50. The lowest BCUT2D eigenvalue weighted by Gasteiger charge is -2.28. The molecule has 12 heavy (non-hydrogen) atoms. The Morgan fingerprint density at radius 1 is 1.58 bits per heavy atom. The van der Waals surface area contributed by atoms with E-state index >= 15 is 0 Å². The van der Waals surface area contributed by atoms with E-state index < -0.39 is 0 Å². The molecule has 0 amide bonds. The fraction of sp³-hybridized carbons (Fsp3) is 0.727. The molecule has 0 aromatic rings. The molecule has 1 aliphatic rings. The molecule has 1 nitrogen and oxygen atoms in total. The van der Waals surface area contributed by atoms with Crippen LogP contribution in [0.1, 0.15) is 39.5 Å². The Morgan fingerprint density at radius 3 is 2.83 bits per heavy atom. The fourth-order valence-corrected chi connectivity index (χ4v) is 1.66. The average molecular weight is 166 g/mol. The predicted octanol–water partition coefficient (Wildman–Crippen LogP) is 2.96. The first-order chi connectivity index (χ1) is 5.64. The Hall–Kier alpha value is -0.590. The van der Waals surface area contributed by atoms with Gasteiger partial charge in [0.05, 0.1) is 0 Å². The van der Waals surface area contributed by atoms with Gasteiger partial charge in [0.25, 0.3) is 0 Å². The van der Waals surface area contributed by atoms with Crippen molar-refractivity contribution in [3.63, 3.8) is 0 Å². The highest BCUT2D eigenvalue weighted by molar-refractivity contribution is 5.49. The smallest absolute Gasteiger partial charge is 0.120 e. The van der Waals surface area contributed by atoms with Gasteiger partial charge in [-0.2, -0.15) is 0 Å². The van der Waals surface area contributed by atoms with Gasteiger partial charge in [0.1, 0.15) is 6.29 Å². The molecule has 0 fully saturated rings. The molecule has 1 heteroatoms. The van der Waals surface area contributed by atoms with Crippen LogP contribution in [0.2, 0.25) is 0 Å². The summed E-state index contributed by atoms with van der Waals surface area (Å²) >= 11 is 0. The van der Waals surface area contributed by atoms with Crippen LogP contribution in [0, 0.1) is 11.3 Å². The van der Waals surface area contributed by atoms with Crippen LogP contribution in [0.3, 0.4) is 0 Å². The summed E-state index contributed by atoms with van der Waals surface area (Å²) in [6.45, 7) is 4.53. The van der Waals surface area contributed by atoms with Crippen LogP contribution in [0.15, 0.2) is 12.2 Å². The van der Waals surface area contributed by atoms with E-state index in [1.54, 1.807) is 0 Å². The number of carbonyl (C=O) groups is 1. The first-order valence-corrected chi connectivity index (χ1v) is 4.77. The maximum absolute atomic E-state index is 10.2. The SMILES string of the molecule is CC1(C)C=CC(CCC=O)CC1. The zero-order chi connectivity index (χ0) is 9.03. The van der Waals surface area contributed by atoms with E-state index in [9.17, 15) is 4.79 Å². The Balaban J connectivity index is 2.37. The highest BCUT2D eigenvalue weighted by Gasteiger charge is 2.20. The van der Waals surface area contributed by atoms with Crippen molar-refractivity contribution in [2.75, 3.05) is 0 Å². The third-order valence-corrected chi connectivity index (χ3v) is 2.63. The minimum absolute atomic E-state index is 0.387. The molecule has 0 N–H and O–H groups in total. The molecule has 1 aliphatic carbocycles. The summed E-state index contributed by atoms with van der Waals surface area (Å²) in [6, 6.07) is 0. The van der Waals surface area contributed by atoms with Crippen molar-refractivity contribution in [3.05, 3.63) is 12.2 Å². The zero-order valence-corrected chi connectivity index (χ0v) is 8.05. The maximum Gasteiger partial charge on any atom is 0.120 e. The van der Waals surface area contributed by atoms with Gasteiger partial charge in [-0.3, -0.25) is 0 Å². The lowest BCUT2D eigenvalue weighted by molar-refractivity contribution is -0.108. The van der Waals surface area contributed by atoms with E-state index in [0.717, 1.165) is 19.1 Å². The van der Waals surface area contributed by atoms with E-state index in [-0.39, 0.29) is 0 Å².